The largest absolute Gasteiger partial charge is 0.475 e. The van der Waals surface area contributed by atoms with Crippen LogP contribution in [-0.2, 0) is 22.9 Å². The van der Waals surface area contributed by atoms with E-state index in [0.717, 1.165) is 31.2 Å². The SMILES string of the molecule is C[C@@]1(O)[C@H](O)[C@@H](CO[P@@]2(=O)OC3CCCCC3[C@@H](c3ccccc3)O2)O[C@H]1n1ccc2c(N)ncnc21. The fraction of sp³-hybridized carbons (Fsp3) is 0.520. The maximum absolute atomic E-state index is 13.7. The summed E-state index contributed by atoms with van der Waals surface area (Å²) in [5, 5.41) is 22.7. The summed E-state index contributed by atoms with van der Waals surface area (Å²) in [4.78, 5) is 8.23. The van der Waals surface area contributed by atoms with Gasteiger partial charge < -0.3 is 25.3 Å². The number of aliphatic hydroxyl groups excluding tert-OH is 1. The molecule has 3 aliphatic rings. The molecule has 2 unspecified atom stereocenters. The van der Waals surface area contributed by atoms with E-state index in [1.807, 2.05) is 30.3 Å². The lowest BCUT2D eigenvalue weighted by Gasteiger charge is -2.43. The number of hydrogen-bond donors (Lipinski definition) is 3. The standard InChI is InChI=1S/C25H31N4O7P/c1-25(31)21(30)19(34-24(25)29-12-11-17-22(26)27-14-28-23(17)29)13-33-37(32)35-18-10-6-5-9-16(18)20(36-37)15-7-3-2-4-8-15/h2-4,7-8,11-12,14,16,18-21,24,30-31H,5-6,9-10,13H2,1H3,(H2,26,27,28)/t16?,18?,19-,20-,21-,24-,25-,37+/m1/s1. The van der Waals surface area contributed by atoms with Crippen LogP contribution in [0.25, 0.3) is 11.0 Å². The van der Waals surface area contributed by atoms with Crippen molar-refractivity contribution in [1.29, 1.82) is 0 Å². The highest BCUT2D eigenvalue weighted by atomic mass is 31.2. The average molecular weight is 531 g/mol. The third kappa shape index (κ3) is 4.38. The highest BCUT2D eigenvalue weighted by Crippen LogP contribution is 2.63. The fourth-order valence-electron chi connectivity index (χ4n) is 5.74. The fourth-order valence-corrected chi connectivity index (χ4v) is 7.40. The Morgan fingerprint density at radius 1 is 1.19 bits per heavy atom. The smallest absolute Gasteiger partial charge is 0.387 e. The number of phosphoric acid groups is 1. The van der Waals surface area contributed by atoms with Crippen LogP contribution in [0.1, 0.15) is 50.5 Å². The molecule has 2 saturated heterocycles. The normalized spacial score (nSPS) is 38.0. The number of nitrogens with zero attached hydrogens (tertiary/aromatic N) is 3. The highest BCUT2D eigenvalue weighted by Gasteiger charge is 2.55. The Hall–Kier alpha value is -2.37. The van der Waals surface area contributed by atoms with Gasteiger partial charge in [-0.3, -0.25) is 13.6 Å². The molecule has 0 spiro atoms. The highest BCUT2D eigenvalue weighted by molar-refractivity contribution is 7.48. The molecule has 2 aliphatic heterocycles. The molecule has 0 amide bonds. The molecule has 198 valence electrons. The van der Waals surface area contributed by atoms with E-state index in [4.69, 9.17) is 24.0 Å². The summed E-state index contributed by atoms with van der Waals surface area (Å²) >= 11 is 0. The molecule has 37 heavy (non-hydrogen) atoms. The number of rotatable bonds is 5. The van der Waals surface area contributed by atoms with E-state index in [2.05, 4.69) is 9.97 Å². The second-order valence-corrected chi connectivity index (χ2v) is 11.8. The van der Waals surface area contributed by atoms with Crippen molar-refractivity contribution in [3.05, 3.63) is 54.5 Å². The van der Waals surface area contributed by atoms with Crippen molar-refractivity contribution in [2.45, 2.75) is 68.9 Å². The average Bonchev–Trinajstić information content (AvgIpc) is 3.42. The van der Waals surface area contributed by atoms with Crippen LogP contribution in [0.2, 0.25) is 0 Å². The first-order valence-corrected chi connectivity index (χ1v) is 14.0. The molecule has 6 rings (SSSR count). The molecule has 8 atom stereocenters. The lowest BCUT2D eigenvalue weighted by atomic mass is 9.80. The van der Waals surface area contributed by atoms with Gasteiger partial charge in [0.05, 0.1) is 24.2 Å². The van der Waals surface area contributed by atoms with Crippen molar-refractivity contribution >= 4 is 24.7 Å². The van der Waals surface area contributed by atoms with Crippen molar-refractivity contribution in [2.75, 3.05) is 12.3 Å². The first kappa shape index (κ1) is 24.9. The zero-order valence-corrected chi connectivity index (χ0v) is 21.3. The zero-order valence-electron chi connectivity index (χ0n) is 20.4. The third-order valence-corrected chi connectivity index (χ3v) is 9.20. The van der Waals surface area contributed by atoms with Gasteiger partial charge in [0, 0.05) is 12.1 Å². The Balaban J connectivity index is 1.21. The van der Waals surface area contributed by atoms with E-state index in [9.17, 15) is 14.8 Å². The summed E-state index contributed by atoms with van der Waals surface area (Å²) < 4.78 is 39.0. The van der Waals surface area contributed by atoms with E-state index in [1.54, 1.807) is 16.8 Å². The summed E-state index contributed by atoms with van der Waals surface area (Å²) in [5.74, 6) is 0.372. The minimum atomic E-state index is -3.99. The molecule has 12 heteroatoms. The lowest BCUT2D eigenvalue weighted by Crippen LogP contribution is -2.44. The second-order valence-electron chi connectivity index (χ2n) is 10.2. The quantitative estimate of drug-likeness (QED) is 0.418. The molecule has 3 aromatic rings. The van der Waals surface area contributed by atoms with Crippen LogP contribution in [0.15, 0.2) is 48.9 Å². The maximum Gasteiger partial charge on any atom is 0.475 e. The summed E-state index contributed by atoms with van der Waals surface area (Å²) in [6.45, 7) is 1.16. The topological polar surface area (TPSA) is 151 Å². The number of anilines is 1. The number of fused-ring (bicyclic) bond motifs is 2. The number of nitrogens with two attached hydrogens (primary N) is 1. The summed E-state index contributed by atoms with van der Waals surface area (Å²) in [6, 6.07) is 11.4. The van der Waals surface area contributed by atoms with Crippen LogP contribution in [0.5, 0.6) is 0 Å². The van der Waals surface area contributed by atoms with E-state index in [1.165, 1.54) is 13.3 Å². The summed E-state index contributed by atoms with van der Waals surface area (Å²) in [6.07, 6.45) is 2.68. The van der Waals surface area contributed by atoms with Crippen LogP contribution in [0.4, 0.5) is 5.82 Å². The Morgan fingerprint density at radius 3 is 2.78 bits per heavy atom. The van der Waals surface area contributed by atoms with Crippen molar-refractivity contribution in [2.24, 2.45) is 5.92 Å². The van der Waals surface area contributed by atoms with Crippen molar-refractivity contribution < 1.29 is 33.1 Å². The first-order chi connectivity index (χ1) is 17.8. The van der Waals surface area contributed by atoms with E-state index in [-0.39, 0.29) is 18.6 Å². The van der Waals surface area contributed by atoms with Crippen molar-refractivity contribution in [1.82, 2.24) is 14.5 Å². The molecule has 3 fully saturated rings. The maximum atomic E-state index is 13.7. The van der Waals surface area contributed by atoms with E-state index < -0.39 is 38.0 Å². The number of aliphatic hydroxyl groups is 2. The van der Waals surface area contributed by atoms with Crippen molar-refractivity contribution in [3.63, 3.8) is 0 Å². The predicted molar refractivity (Wildman–Crippen MR) is 133 cm³/mol. The first-order valence-electron chi connectivity index (χ1n) is 12.6. The molecule has 1 aliphatic carbocycles. The van der Waals surface area contributed by atoms with Crippen LogP contribution >= 0.6 is 7.82 Å². The zero-order chi connectivity index (χ0) is 25.8. The Morgan fingerprint density at radius 2 is 1.97 bits per heavy atom. The molecular formula is C25H31N4O7P. The van der Waals surface area contributed by atoms with Gasteiger partial charge >= 0.3 is 7.82 Å². The van der Waals surface area contributed by atoms with Gasteiger partial charge in [0.1, 0.15) is 35.6 Å². The minimum Gasteiger partial charge on any atom is -0.387 e. The third-order valence-electron chi connectivity index (χ3n) is 7.72. The molecule has 11 nitrogen and oxygen atoms in total. The van der Waals surface area contributed by atoms with Gasteiger partial charge in [0.15, 0.2) is 6.23 Å². The summed E-state index contributed by atoms with van der Waals surface area (Å²) in [7, 11) is -3.99. The van der Waals surface area contributed by atoms with Gasteiger partial charge in [-0.25, -0.2) is 14.5 Å². The molecule has 4 N–H and O–H groups in total. The van der Waals surface area contributed by atoms with Gasteiger partial charge in [0.2, 0.25) is 0 Å². The second kappa shape index (κ2) is 9.43. The minimum absolute atomic E-state index is 0.0803. The van der Waals surface area contributed by atoms with Crippen molar-refractivity contribution in [3.8, 4) is 0 Å². The van der Waals surface area contributed by atoms with E-state index in [0.29, 0.717) is 16.9 Å². The monoisotopic (exact) mass is 530 g/mol. The van der Waals surface area contributed by atoms with Gasteiger partial charge in [0.25, 0.3) is 0 Å². The molecule has 2 aromatic heterocycles. The Labute approximate surface area is 214 Å². The van der Waals surface area contributed by atoms with Gasteiger partial charge in [-0.15, -0.1) is 0 Å². The number of benzene rings is 1. The van der Waals surface area contributed by atoms with Crippen LogP contribution < -0.4 is 5.73 Å². The van der Waals surface area contributed by atoms with Crippen LogP contribution in [0.3, 0.4) is 0 Å². The molecule has 0 radical (unpaired) electrons. The molecular weight excluding hydrogens is 499 g/mol. The van der Waals surface area contributed by atoms with Gasteiger partial charge in [-0.05, 0) is 31.4 Å². The molecule has 1 saturated carbocycles. The van der Waals surface area contributed by atoms with Gasteiger partial charge in [-0.1, -0.05) is 43.2 Å². The van der Waals surface area contributed by atoms with Crippen LogP contribution in [-0.4, -0.2) is 55.3 Å². The Bertz CT molecular complexity index is 1320. The predicted octanol–water partition coefficient (Wildman–Crippen LogP) is 3.49. The molecule has 4 heterocycles. The Kier molecular flexibility index (Phi) is 6.35. The number of aromatic nitrogens is 3. The lowest BCUT2D eigenvalue weighted by molar-refractivity contribution is -0.0984. The molecule has 0 bridgehead atoms. The van der Waals surface area contributed by atoms with Gasteiger partial charge in [-0.2, -0.15) is 0 Å². The number of hydrogen-bond acceptors (Lipinski definition) is 10. The van der Waals surface area contributed by atoms with Crippen LogP contribution in [0, 0.1) is 5.92 Å². The summed E-state index contributed by atoms with van der Waals surface area (Å²) in [5.41, 5.74) is 5.61. The number of phosphoric ester groups is 1. The van der Waals surface area contributed by atoms with E-state index >= 15 is 0 Å². The number of nitrogen functional groups attached to an aromatic ring is 1. The molecule has 1 aromatic carbocycles. The number of ether oxygens (including phenoxy) is 1.